The molecule has 0 atom stereocenters. The highest BCUT2D eigenvalue weighted by Gasteiger charge is 2.22. The number of para-hydroxylation sites is 1. The molecule has 12 rings (SSSR count). The monoisotopic (exact) mass is 756 g/mol. The van der Waals surface area contributed by atoms with Gasteiger partial charge < -0.3 is 4.57 Å². The van der Waals surface area contributed by atoms with Gasteiger partial charge in [0.25, 0.3) is 0 Å². The van der Waals surface area contributed by atoms with E-state index >= 15 is 0 Å². The van der Waals surface area contributed by atoms with Gasteiger partial charge in [0, 0.05) is 47.6 Å². The molecule has 0 aliphatic heterocycles. The zero-order valence-electron chi connectivity index (χ0n) is 31.2. The summed E-state index contributed by atoms with van der Waals surface area (Å²) in [4.78, 5) is 16.1. The van der Waals surface area contributed by atoms with Crippen molar-refractivity contribution in [2.45, 2.75) is 0 Å². The lowest BCUT2D eigenvalue weighted by atomic mass is 10.0. The van der Waals surface area contributed by atoms with Crippen molar-refractivity contribution in [3.63, 3.8) is 0 Å². The number of benzene rings is 9. The normalized spacial score (nSPS) is 11.8. The number of nitrogens with zero attached hydrogens (tertiary/aromatic N) is 4. The van der Waals surface area contributed by atoms with Gasteiger partial charge in [0.1, 0.15) is 0 Å². The van der Waals surface area contributed by atoms with Crippen LogP contribution in [0, 0.1) is 0 Å². The maximum atomic E-state index is 5.43. The number of fused-ring (bicyclic) bond motifs is 8. The molecule has 0 bridgehead atoms. The molecule has 4 nitrogen and oxygen atoms in total. The lowest BCUT2D eigenvalue weighted by Gasteiger charge is -2.16. The molecule has 0 amide bonds. The number of thiophene rings is 1. The summed E-state index contributed by atoms with van der Waals surface area (Å²) >= 11 is 1.81. The van der Waals surface area contributed by atoms with Crippen LogP contribution in [0.25, 0.3) is 115 Å². The van der Waals surface area contributed by atoms with Crippen LogP contribution in [0.15, 0.2) is 194 Å². The molecule has 3 heterocycles. The minimum atomic E-state index is 0.626. The van der Waals surface area contributed by atoms with Gasteiger partial charge in [0.15, 0.2) is 17.5 Å². The Morgan fingerprint density at radius 1 is 0.328 bits per heavy atom. The van der Waals surface area contributed by atoms with Crippen LogP contribution in [0.3, 0.4) is 0 Å². The highest BCUT2D eigenvalue weighted by atomic mass is 32.1. The highest BCUT2D eigenvalue weighted by molar-refractivity contribution is 7.25. The minimum absolute atomic E-state index is 0.626. The van der Waals surface area contributed by atoms with Gasteiger partial charge in [0.05, 0.1) is 16.7 Å². The maximum absolute atomic E-state index is 5.43. The Morgan fingerprint density at radius 2 is 0.931 bits per heavy atom. The molecule has 0 unspecified atom stereocenters. The van der Waals surface area contributed by atoms with Crippen LogP contribution in [0.1, 0.15) is 0 Å². The Kier molecular flexibility index (Phi) is 7.37. The van der Waals surface area contributed by atoms with Crippen molar-refractivity contribution in [3.05, 3.63) is 194 Å². The third kappa shape index (κ3) is 5.25. The van der Waals surface area contributed by atoms with Gasteiger partial charge in [-0.05, 0) is 69.1 Å². The summed E-state index contributed by atoms with van der Waals surface area (Å²) < 4.78 is 4.86. The predicted octanol–water partition coefficient (Wildman–Crippen LogP) is 14.3. The first-order valence-corrected chi connectivity index (χ1v) is 20.3. The number of aromatic nitrogens is 4. The second-order valence-electron chi connectivity index (χ2n) is 14.8. The molecule has 5 heteroatoms. The lowest BCUT2D eigenvalue weighted by molar-refractivity contribution is 1.07. The predicted molar refractivity (Wildman–Crippen MR) is 244 cm³/mol. The summed E-state index contributed by atoms with van der Waals surface area (Å²) in [6.45, 7) is 0. The van der Waals surface area contributed by atoms with Crippen molar-refractivity contribution in [1.82, 2.24) is 19.5 Å². The van der Waals surface area contributed by atoms with Crippen LogP contribution < -0.4 is 0 Å². The standard InChI is InChI=1S/C53H32N4S/c1-2-13-33(14-3-1)34-25-27-36(28-26-34)51-54-52(42-22-12-18-35-15-6-7-19-39(35)42)56-53(55-51)45-32-50-44(41-21-9-11-24-49(41)58-50)31-48(45)57-46-23-10-8-20-40(46)43-29-37-16-4-5-17-38(37)30-47(43)57/h1-32H. The molecule has 0 aliphatic rings. The lowest BCUT2D eigenvalue weighted by Crippen LogP contribution is -2.04. The Hall–Kier alpha value is -7.47. The van der Waals surface area contributed by atoms with E-state index in [0.717, 1.165) is 49.7 Å². The quantitative estimate of drug-likeness (QED) is 0.176. The van der Waals surface area contributed by atoms with E-state index in [1.807, 2.05) is 17.4 Å². The van der Waals surface area contributed by atoms with Gasteiger partial charge in [-0.15, -0.1) is 11.3 Å². The largest absolute Gasteiger partial charge is 0.308 e. The molecule has 0 N–H and O–H groups in total. The van der Waals surface area contributed by atoms with Crippen molar-refractivity contribution in [3.8, 4) is 51.0 Å². The van der Waals surface area contributed by atoms with E-state index in [0.29, 0.717) is 17.5 Å². The first kappa shape index (κ1) is 32.7. The first-order chi connectivity index (χ1) is 28.7. The molecule has 12 aromatic rings. The number of hydrogen-bond donors (Lipinski definition) is 0. The van der Waals surface area contributed by atoms with E-state index in [2.05, 4.69) is 193 Å². The van der Waals surface area contributed by atoms with Crippen molar-refractivity contribution >= 4 is 74.9 Å². The van der Waals surface area contributed by atoms with E-state index in [9.17, 15) is 0 Å². The summed E-state index contributed by atoms with van der Waals surface area (Å²) in [5.41, 5.74) is 8.45. The van der Waals surface area contributed by atoms with Crippen LogP contribution in [-0.4, -0.2) is 19.5 Å². The van der Waals surface area contributed by atoms with Gasteiger partial charge >= 0.3 is 0 Å². The van der Waals surface area contributed by atoms with Crippen LogP contribution in [-0.2, 0) is 0 Å². The second-order valence-corrected chi connectivity index (χ2v) is 15.9. The fourth-order valence-corrected chi connectivity index (χ4v) is 9.77. The van der Waals surface area contributed by atoms with Crippen molar-refractivity contribution in [2.24, 2.45) is 0 Å². The third-order valence-corrected chi connectivity index (χ3v) is 12.6. The summed E-state index contributed by atoms with van der Waals surface area (Å²) in [7, 11) is 0. The van der Waals surface area contributed by atoms with E-state index in [1.165, 1.54) is 47.3 Å². The van der Waals surface area contributed by atoms with Gasteiger partial charge in [0.2, 0.25) is 0 Å². The molecule has 3 aromatic heterocycles. The van der Waals surface area contributed by atoms with E-state index in [4.69, 9.17) is 15.0 Å². The minimum Gasteiger partial charge on any atom is -0.308 e. The first-order valence-electron chi connectivity index (χ1n) is 19.5. The second kappa shape index (κ2) is 13.1. The van der Waals surface area contributed by atoms with Crippen LogP contribution in [0.4, 0.5) is 0 Å². The van der Waals surface area contributed by atoms with Gasteiger partial charge in [-0.25, -0.2) is 15.0 Å². The van der Waals surface area contributed by atoms with Gasteiger partial charge in [-0.2, -0.15) is 0 Å². The molecular formula is C53H32N4S. The van der Waals surface area contributed by atoms with Crippen LogP contribution in [0.2, 0.25) is 0 Å². The molecule has 0 radical (unpaired) electrons. The molecule has 0 spiro atoms. The molecule has 58 heavy (non-hydrogen) atoms. The van der Waals surface area contributed by atoms with Crippen molar-refractivity contribution in [1.29, 1.82) is 0 Å². The van der Waals surface area contributed by atoms with Gasteiger partial charge in [-0.3, -0.25) is 0 Å². The van der Waals surface area contributed by atoms with Crippen LogP contribution in [0.5, 0.6) is 0 Å². The highest BCUT2D eigenvalue weighted by Crippen LogP contribution is 2.43. The van der Waals surface area contributed by atoms with Crippen molar-refractivity contribution in [2.75, 3.05) is 0 Å². The summed E-state index contributed by atoms with van der Waals surface area (Å²) in [5, 5.41) is 9.53. The average Bonchev–Trinajstić information content (AvgIpc) is 3.82. The SMILES string of the molecule is c1ccc(-c2ccc(-c3nc(-c4cc5sc6ccccc6c5cc4-n4c5ccccc5c5cc6ccccc6cc54)nc(-c4cccc5ccccc45)n3)cc2)cc1. The Morgan fingerprint density at radius 3 is 1.76 bits per heavy atom. The molecule has 9 aromatic carbocycles. The van der Waals surface area contributed by atoms with E-state index in [1.54, 1.807) is 0 Å². The number of hydrogen-bond acceptors (Lipinski definition) is 4. The van der Waals surface area contributed by atoms with Gasteiger partial charge in [-0.1, -0.05) is 158 Å². The molecular weight excluding hydrogens is 725 g/mol. The Labute approximate surface area is 338 Å². The van der Waals surface area contributed by atoms with E-state index in [-0.39, 0.29) is 0 Å². The topological polar surface area (TPSA) is 43.6 Å². The Bertz CT molecular complexity index is 3560. The summed E-state index contributed by atoms with van der Waals surface area (Å²) in [5.74, 6) is 1.89. The number of rotatable bonds is 5. The van der Waals surface area contributed by atoms with Crippen molar-refractivity contribution < 1.29 is 0 Å². The summed E-state index contributed by atoms with van der Waals surface area (Å²) in [6, 6.07) is 69.2. The zero-order chi connectivity index (χ0) is 38.2. The third-order valence-electron chi connectivity index (χ3n) is 11.4. The molecule has 0 fully saturated rings. The smallest absolute Gasteiger partial charge is 0.166 e. The fraction of sp³-hybridized carbons (Fsp3) is 0. The fourth-order valence-electron chi connectivity index (χ4n) is 8.65. The molecule has 0 saturated heterocycles. The van der Waals surface area contributed by atoms with Crippen LogP contribution >= 0.6 is 11.3 Å². The Balaban J connectivity index is 1.17. The maximum Gasteiger partial charge on any atom is 0.166 e. The molecule has 270 valence electrons. The zero-order valence-corrected chi connectivity index (χ0v) is 32.0. The molecule has 0 aliphatic carbocycles. The summed E-state index contributed by atoms with van der Waals surface area (Å²) in [6.07, 6.45) is 0. The van der Waals surface area contributed by atoms with E-state index < -0.39 is 0 Å². The average molecular weight is 757 g/mol. The molecule has 0 saturated carbocycles.